The summed E-state index contributed by atoms with van der Waals surface area (Å²) >= 11 is 0. The summed E-state index contributed by atoms with van der Waals surface area (Å²) in [5.74, 6) is -0.196. The van der Waals surface area contributed by atoms with Crippen molar-refractivity contribution in [1.82, 2.24) is 25.0 Å². The molecule has 0 unspecified atom stereocenters. The Morgan fingerprint density at radius 3 is 2.58 bits per heavy atom. The van der Waals surface area contributed by atoms with E-state index in [0.29, 0.717) is 37.2 Å². The average Bonchev–Trinajstić information content (AvgIpc) is 3.27. The smallest absolute Gasteiger partial charge is 0.255 e. The molecule has 2 amide bonds. The van der Waals surface area contributed by atoms with Crippen LogP contribution in [0.5, 0.6) is 0 Å². The van der Waals surface area contributed by atoms with Crippen LogP contribution < -0.4 is 5.32 Å². The number of nitrogens with one attached hydrogen (secondary N) is 1. The van der Waals surface area contributed by atoms with Crippen molar-refractivity contribution in [3.05, 3.63) is 66.6 Å². The first-order valence-corrected chi connectivity index (χ1v) is 10.3. The van der Waals surface area contributed by atoms with Gasteiger partial charge in [-0.15, -0.1) is 0 Å². The van der Waals surface area contributed by atoms with Crippen LogP contribution in [-0.4, -0.2) is 64.3 Å². The van der Waals surface area contributed by atoms with E-state index in [1.54, 1.807) is 28.2 Å². The van der Waals surface area contributed by atoms with Crippen molar-refractivity contribution >= 4 is 11.8 Å². The molecule has 0 saturated carbocycles. The number of rotatable bonds is 6. The van der Waals surface area contributed by atoms with E-state index in [1.807, 2.05) is 42.5 Å². The van der Waals surface area contributed by atoms with Crippen molar-refractivity contribution < 1.29 is 14.3 Å². The third kappa shape index (κ3) is 4.80. The number of hydrogen-bond acceptors (Lipinski definition) is 5. The molecule has 4 rings (SSSR count). The van der Waals surface area contributed by atoms with Gasteiger partial charge in [-0.3, -0.25) is 14.6 Å². The van der Waals surface area contributed by atoms with Crippen LogP contribution in [-0.2, 0) is 9.53 Å². The van der Waals surface area contributed by atoms with E-state index in [0.717, 1.165) is 11.3 Å². The topological polar surface area (TPSA) is 89.4 Å². The molecule has 1 fully saturated rings. The van der Waals surface area contributed by atoms with Gasteiger partial charge in [0.2, 0.25) is 5.91 Å². The predicted molar refractivity (Wildman–Crippen MR) is 116 cm³/mol. The van der Waals surface area contributed by atoms with Crippen LogP contribution in [0.4, 0.5) is 0 Å². The van der Waals surface area contributed by atoms with Crippen LogP contribution in [0.3, 0.4) is 0 Å². The number of ether oxygens (including phenoxy) is 1. The molecule has 1 aromatic carbocycles. The maximum Gasteiger partial charge on any atom is 0.255 e. The largest absolute Gasteiger partial charge is 0.375 e. The lowest BCUT2D eigenvalue weighted by molar-refractivity contribution is -0.136. The van der Waals surface area contributed by atoms with Gasteiger partial charge in [0.05, 0.1) is 11.3 Å². The zero-order valence-electron chi connectivity index (χ0n) is 17.4. The molecule has 8 heteroatoms. The molecule has 0 atom stereocenters. The number of carbonyl (C=O) groups is 2. The second-order valence-corrected chi connectivity index (χ2v) is 7.47. The number of pyridine rings is 1. The fourth-order valence-corrected chi connectivity index (χ4v) is 3.72. The van der Waals surface area contributed by atoms with Gasteiger partial charge in [-0.25, -0.2) is 4.68 Å². The summed E-state index contributed by atoms with van der Waals surface area (Å²) in [5.41, 5.74) is 2.73. The predicted octanol–water partition coefficient (Wildman–Crippen LogP) is 2.30. The highest BCUT2D eigenvalue weighted by molar-refractivity contribution is 6.00. The fourth-order valence-electron chi connectivity index (χ4n) is 3.72. The summed E-state index contributed by atoms with van der Waals surface area (Å²) in [7, 11) is 1.51. The zero-order chi connectivity index (χ0) is 21.6. The van der Waals surface area contributed by atoms with Gasteiger partial charge in [0.15, 0.2) is 0 Å². The van der Waals surface area contributed by atoms with Crippen molar-refractivity contribution in [2.24, 2.45) is 0 Å². The van der Waals surface area contributed by atoms with Crippen molar-refractivity contribution in [2.75, 3.05) is 26.8 Å². The molecule has 3 heterocycles. The molecule has 0 spiro atoms. The molecule has 160 valence electrons. The molecule has 0 aliphatic carbocycles. The Kier molecular flexibility index (Phi) is 6.37. The number of benzene rings is 1. The van der Waals surface area contributed by atoms with Gasteiger partial charge in [0, 0.05) is 50.4 Å². The Balaban J connectivity index is 1.52. The molecular formula is C23H25N5O3. The normalized spacial score (nSPS) is 14.4. The minimum absolute atomic E-state index is 0.000850. The van der Waals surface area contributed by atoms with Crippen LogP contribution in [0.1, 0.15) is 23.2 Å². The fraction of sp³-hybridized carbons (Fsp3) is 0.304. The van der Waals surface area contributed by atoms with Crippen LogP contribution in [0.25, 0.3) is 16.9 Å². The second kappa shape index (κ2) is 9.53. The van der Waals surface area contributed by atoms with Crippen LogP contribution in [0.2, 0.25) is 0 Å². The lowest BCUT2D eigenvalue weighted by atomic mass is 10.0. The first-order chi connectivity index (χ1) is 15.2. The lowest BCUT2D eigenvalue weighted by Crippen LogP contribution is -2.47. The summed E-state index contributed by atoms with van der Waals surface area (Å²) in [6.45, 7) is 1.29. The van der Waals surface area contributed by atoms with E-state index in [9.17, 15) is 9.59 Å². The van der Waals surface area contributed by atoms with E-state index >= 15 is 0 Å². The molecule has 2 aromatic heterocycles. The van der Waals surface area contributed by atoms with E-state index in [1.165, 1.54) is 7.11 Å². The lowest BCUT2D eigenvalue weighted by Gasteiger charge is -2.32. The van der Waals surface area contributed by atoms with E-state index in [-0.39, 0.29) is 24.5 Å². The number of nitrogens with zero attached hydrogens (tertiary/aromatic N) is 4. The van der Waals surface area contributed by atoms with Gasteiger partial charge in [-0.1, -0.05) is 18.2 Å². The van der Waals surface area contributed by atoms with Crippen molar-refractivity contribution in [1.29, 1.82) is 0 Å². The molecule has 0 radical (unpaired) electrons. The minimum atomic E-state index is -0.178. The molecule has 0 bridgehead atoms. The number of aromatic nitrogens is 3. The molecule has 1 aliphatic heterocycles. The number of piperidine rings is 1. The Morgan fingerprint density at radius 1 is 1.13 bits per heavy atom. The van der Waals surface area contributed by atoms with E-state index < -0.39 is 0 Å². The summed E-state index contributed by atoms with van der Waals surface area (Å²) in [6.07, 6.45) is 6.56. The van der Waals surface area contributed by atoms with Gasteiger partial charge in [0.1, 0.15) is 12.3 Å². The number of hydrogen-bond donors (Lipinski definition) is 1. The summed E-state index contributed by atoms with van der Waals surface area (Å²) in [6, 6.07) is 13.4. The van der Waals surface area contributed by atoms with E-state index in [4.69, 9.17) is 4.74 Å². The van der Waals surface area contributed by atoms with Crippen molar-refractivity contribution in [3.8, 4) is 16.9 Å². The molecular weight excluding hydrogens is 394 g/mol. The van der Waals surface area contributed by atoms with Crippen molar-refractivity contribution in [3.63, 3.8) is 0 Å². The third-order valence-corrected chi connectivity index (χ3v) is 5.37. The molecule has 8 nitrogen and oxygen atoms in total. The molecule has 31 heavy (non-hydrogen) atoms. The number of carbonyl (C=O) groups excluding carboxylic acids is 2. The Labute approximate surface area is 180 Å². The van der Waals surface area contributed by atoms with Crippen LogP contribution >= 0.6 is 0 Å². The summed E-state index contributed by atoms with van der Waals surface area (Å²) in [5, 5.41) is 7.79. The quantitative estimate of drug-likeness (QED) is 0.662. The van der Waals surface area contributed by atoms with Gasteiger partial charge in [-0.05, 0) is 37.1 Å². The van der Waals surface area contributed by atoms with Crippen molar-refractivity contribution in [2.45, 2.75) is 18.9 Å². The van der Waals surface area contributed by atoms with Crippen LogP contribution in [0, 0.1) is 0 Å². The highest BCUT2D eigenvalue weighted by atomic mass is 16.5. The van der Waals surface area contributed by atoms with Gasteiger partial charge in [-0.2, -0.15) is 5.10 Å². The SMILES string of the molecule is COCC(=O)N1CCC(NC(=O)c2cn(-c3ccccc3)nc2-c2cccnc2)CC1. The number of para-hydroxylation sites is 1. The first kappa shape index (κ1) is 20.7. The molecule has 1 aliphatic rings. The van der Waals surface area contributed by atoms with Gasteiger partial charge < -0.3 is 15.0 Å². The van der Waals surface area contributed by atoms with Crippen LogP contribution in [0.15, 0.2) is 61.1 Å². The van der Waals surface area contributed by atoms with E-state index in [2.05, 4.69) is 15.4 Å². The Hall–Kier alpha value is -3.52. The molecule has 1 N–H and O–H groups in total. The molecule has 3 aromatic rings. The number of methoxy groups -OCH3 is 1. The zero-order valence-corrected chi connectivity index (χ0v) is 17.4. The maximum atomic E-state index is 13.2. The molecule has 1 saturated heterocycles. The third-order valence-electron chi connectivity index (χ3n) is 5.37. The maximum absolute atomic E-state index is 13.2. The highest BCUT2D eigenvalue weighted by Gasteiger charge is 2.26. The van der Waals surface area contributed by atoms with Gasteiger partial charge in [0.25, 0.3) is 5.91 Å². The number of likely N-dealkylation sites (tertiary alicyclic amines) is 1. The monoisotopic (exact) mass is 419 g/mol. The highest BCUT2D eigenvalue weighted by Crippen LogP contribution is 2.23. The first-order valence-electron chi connectivity index (χ1n) is 10.3. The summed E-state index contributed by atoms with van der Waals surface area (Å²) in [4.78, 5) is 31.1. The second-order valence-electron chi connectivity index (χ2n) is 7.47. The minimum Gasteiger partial charge on any atom is -0.375 e. The Bertz CT molecular complexity index is 1030. The summed E-state index contributed by atoms with van der Waals surface area (Å²) < 4.78 is 6.64. The Morgan fingerprint density at radius 2 is 1.90 bits per heavy atom. The standard InChI is InChI=1S/C23H25N5O3/c1-31-16-21(29)27-12-9-18(10-13-27)25-23(30)20-15-28(19-7-3-2-4-8-19)26-22(20)17-6-5-11-24-14-17/h2-8,11,14-15,18H,9-10,12-13,16H2,1H3,(H,25,30). The number of amides is 2. The van der Waals surface area contributed by atoms with Gasteiger partial charge >= 0.3 is 0 Å². The average molecular weight is 419 g/mol.